The number of carbonyl (C=O) groups excluding carboxylic acids is 1. The normalized spacial score (nSPS) is 14.8. The Labute approximate surface area is 174 Å². The summed E-state index contributed by atoms with van der Waals surface area (Å²) in [7, 11) is 0. The zero-order valence-electron chi connectivity index (χ0n) is 15.6. The van der Waals surface area contributed by atoms with Crippen LogP contribution in [0.5, 0.6) is 0 Å². The lowest BCUT2D eigenvalue weighted by Gasteiger charge is -2.26. The Morgan fingerprint density at radius 3 is 2.57 bits per heavy atom. The maximum absolute atomic E-state index is 13.7. The fourth-order valence-electron chi connectivity index (χ4n) is 2.95. The van der Waals surface area contributed by atoms with Gasteiger partial charge >= 0.3 is 0 Å². The van der Waals surface area contributed by atoms with Crippen molar-refractivity contribution in [2.24, 2.45) is 0 Å². The molecular formula is C21H24ClFN2O2S. The van der Waals surface area contributed by atoms with Crippen molar-refractivity contribution in [3.05, 3.63) is 70.0 Å². The highest BCUT2D eigenvalue weighted by Gasteiger charge is 2.11. The summed E-state index contributed by atoms with van der Waals surface area (Å²) in [5.74, 6) is 0.224. The zero-order chi connectivity index (χ0) is 19.8. The molecule has 0 spiro atoms. The van der Waals surface area contributed by atoms with Crippen LogP contribution in [-0.2, 0) is 28.4 Å². The molecule has 0 radical (unpaired) electrons. The number of hydrogen-bond acceptors (Lipinski definition) is 4. The number of hydrogen-bond donors (Lipinski definition) is 1. The van der Waals surface area contributed by atoms with E-state index in [0.29, 0.717) is 22.9 Å². The molecule has 0 atom stereocenters. The number of nitrogens with one attached hydrogen (secondary N) is 1. The van der Waals surface area contributed by atoms with E-state index in [1.54, 1.807) is 12.1 Å². The van der Waals surface area contributed by atoms with Gasteiger partial charge in [-0.3, -0.25) is 9.69 Å². The molecular weight excluding hydrogens is 399 g/mol. The molecule has 1 heterocycles. The standard InChI is InChI=1S/C21H24ClFN2O2S/c22-19-2-1-3-20(23)18(19)14-28-15-21(26)24-12-16-4-6-17(7-5-16)13-25-8-10-27-11-9-25/h1-7H,8-15H2,(H,24,26). The van der Waals surface area contributed by atoms with Gasteiger partial charge in [-0.25, -0.2) is 4.39 Å². The first kappa shape index (κ1) is 21.1. The van der Waals surface area contributed by atoms with E-state index in [4.69, 9.17) is 16.3 Å². The highest BCUT2D eigenvalue weighted by molar-refractivity contribution is 7.99. The van der Waals surface area contributed by atoms with Gasteiger partial charge in [0.1, 0.15) is 5.82 Å². The highest BCUT2D eigenvalue weighted by atomic mass is 35.5. The van der Waals surface area contributed by atoms with Gasteiger partial charge in [0.2, 0.25) is 5.91 Å². The first-order chi connectivity index (χ1) is 13.6. The summed E-state index contributed by atoms with van der Waals surface area (Å²) in [5.41, 5.74) is 2.76. The molecule has 7 heteroatoms. The molecule has 0 unspecified atom stereocenters. The number of ether oxygens (including phenoxy) is 1. The van der Waals surface area contributed by atoms with E-state index in [1.165, 1.54) is 23.4 Å². The second kappa shape index (κ2) is 10.8. The molecule has 2 aromatic carbocycles. The van der Waals surface area contributed by atoms with Crippen molar-refractivity contribution < 1.29 is 13.9 Å². The number of rotatable bonds is 8. The average molecular weight is 423 g/mol. The summed E-state index contributed by atoms with van der Waals surface area (Å²) in [6, 6.07) is 12.9. The maximum atomic E-state index is 13.7. The Hall–Kier alpha value is -1.60. The van der Waals surface area contributed by atoms with Crippen LogP contribution in [0.25, 0.3) is 0 Å². The first-order valence-electron chi connectivity index (χ1n) is 9.27. The van der Waals surface area contributed by atoms with Crippen LogP contribution in [0.1, 0.15) is 16.7 Å². The third-order valence-electron chi connectivity index (χ3n) is 4.56. The zero-order valence-corrected chi connectivity index (χ0v) is 17.2. The van der Waals surface area contributed by atoms with Gasteiger partial charge in [0.05, 0.1) is 19.0 Å². The third kappa shape index (κ3) is 6.48. The van der Waals surface area contributed by atoms with Gasteiger partial charge in [0.15, 0.2) is 0 Å². The van der Waals surface area contributed by atoms with Crippen molar-refractivity contribution in [3.63, 3.8) is 0 Å². The van der Waals surface area contributed by atoms with Gasteiger partial charge in [-0.1, -0.05) is 41.9 Å². The second-order valence-corrected chi connectivity index (χ2v) is 8.07. The van der Waals surface area contributed by atoms with Crippen molar-refractivity contribution in [2.45, 2.75) is 18.8 Å². The monoisotopic (exact) mass is 422 g/mol. The Morgan fingerprint density at radius 2 is 1.86 bits per heavy atom. The van der Waals surface area contributed by atoms with E-state index in [0.717, 1.165) is 38.4 Å². The summed E-state index contributed by atoms with van der Waals surface area (Å²) in [5, 5.41) is 3.30. The quantitative estimate of drug-likeness (QED) is 0.701. The number of benzene rings is 2. The summed E-state index contributed by atoms with van der Waals surface area (Å²) in [6.07, 6.45) is 0. The Balaban J connectivity index is 1.38. The predicted octanol–water partition coefficient (Wildman–Crippen LogP) is 3.86. The summed E-state index contributed by atoms with van der Waals surface area (Å²) >= 11 is 7.34. The van der Waals surface area contributed by atoms with E-state index >= 15 is 0 Å². The molecule has 150 valence electrons. The minimum Gasteiger partial charge on any atom is -0.379 e. The van der Waals surface area contributed by atoms with Crippen LogP contribution < -0.4 is 5.32 Å². The third-order valence-corrected chi connectivity index (χ3v) is 5.88. The maximum Gasteiger partial charge on any atom is 0.230 e. The minimum absolute atomic E-state index is 0.0742. The molecule has 1 fully saturated rings. The molecule has 0 aliphatic carbocycles. The second-order valence-electron chi connectivity index (χ2n) is 6.67. The molecule has 1 N–H and O–H groups in total. The molecule has 28 heavy (non-hydrogen) atoms. The van der Waals surface area contributed by atoms with Crippen molar-refractivity contribution in [2.75, 3.05) is 32.1 Å². The van der Waals surface area contributed by atoms with E-state index < -0.39 is 0 Å². The first-order valence-corrected chi connectivity index (χ1v) is 10.8. The molecule has 4 nitrogen and oxygen atoms in total. The summed E-state index contributed by atoms with van der Waals surface area (Å²) < 4.78 is 19.1. The van der Waals surface area contributed by atoms with Gasteiger partial charge in [-0.2, -0.15) is 0 Å². The fourth-order valence-corrected chi connectivity index (χ4v) is 4.14. The van der Waals surface area contributed by atoms with Crippen LogP contribution in [-0.4, -0.2) is 42.9 Å². The number of nitrogens with zero attached hydrogens (tertiary/aromatic N) is 1. The van der Waals surface area contributed by atoms with E-state index in [-0.39, 0.29) is 17.5 Å². The number of carbonyl (C=O) groups is 1. The van der Waals surface area contributed by atoms with Crippen LogP contribution in [0.3, 0.4) is 0 Å². The molecule has 1 saturated heterocycles. The van der Waals surface area contributed by atoms with Gasteiger partial charge in [0.25, 0.3) is 0 Å². The van der Waals surface area contributed by atoms with Crippen molar-refractivity contribution in [1.82, 2.24) is 10.2 Å². The van der Waals surface area contributed by atoms with E-state index in [9.17, 15) is 9.18 Å². The topological polar surface area (TPSA) is 41.6 Å². The van der Waals surface area contributed by atoms with Gasteiger partial charge in [-0.15, -0.1) is 11.8 Å². The predicted molar refractivity (Wildman–Crippen MR) is 112 cm³/mol. The molecule has 0 saturated carbocycles. The summed E-state index contributed by atoms with van der Waals surface area (Å²) in [6.45, 7) is 4.93. The van der Waals surface area contributed by atoms with Gasteiger partial charge < -0.3 is 10.1 Å². The average Bonchev–Trinajstić information content (AvgIpc) is 2.70. The van der Waals surface area contributed by atoms with Crippen LogP contribution in [0.15, 0.2) is 42.5 Å². The molecule has 1 aliphatic rings. The largest absolute Gasteiger partial charge is 0.379 e. The SMILES string of the molecule is O=C(CSCc1c(F)cccc1Cl)NCc1ccc(CN2CCOCC2)cc1. The van der Waals surface area contributed by atoms with E-state index in [2.05, 4.69) is 22.3 Å². The lowest BCUT2D eigenvalue weighted by molar-refractivity contribution is -0.118. The number of amides is 1. The number of morpholine rings is 1. The van der Waals surface area contributed by atoms with E-state index in [1.807, 2.05) is 12.1 Å². The fraction of sp³-hybridized carbons (Fsp3) is 0.381. The lowest BCUT2D eigenvalue weighted by Crippen LogP contribution is -2.35. The Bertz CT molecular complexity index is 762. The molecule has 0 aromatic heterocycles. The smallest absolute Gasteiger partial charge is 0.230 e. The Morgan fingerprint density at radius 1 is 1.14 bits per heavy atom. The minimum atomic E-state index is -0.336. The number of halogens is 2. The van der Waals surface area contributed by atoms with Crippen molar-refractivity contribution in [3.8, 4) is 0 Å². The van der Waals surface area contributed by atoms with Crippen molar-refractivity contribution >= 4 is 29.3 Å². The number of thioether (sulfide) groups is 1. The molecule has 3 rings (SSSR count). The van der Waals surface area contributed by atoms with Gasteiger partial charge in [0, 0.05) is 42.5 Å². The van der Waals surface area contributed by atoms with Crippen LogP contribution in [0.4, 0.5) is 4.39 Å². The van der Waals surface area contributed by atoms with Crippen LogP contribution >= 0.6 is 23.4 Å². The Kier molecular flexibility index (Phi) is 8.15. The van der Waals surface area contributed by atoms with Gasteiger partial charge in [-0.05, 0) is 23.3 Å². The van der Waals surface area contributed by atoms with Crippen LogP contribution in [0.2, 0.25) is 5.02 Å². The van der Waals surface area contributed by atoms with Crippen LogP contribution in [0, 0.1) is 5.82 Å². The van der Waals surface area contributed by atoms with Crippen molar-refractivity contribution in [1.29, 1.82) is 0 Å². The molecule has 1 amide bonds. The summed E-state index contributed by atoms with van der Waals surface area (Å²) in [4.78, 5) is 14.4. The molecule has 1 aliphatic heterocycles. The highest BCUT2D eigenvalue weighted by Crippen LogP contribution is 2.23. The molecule has 2 aromatic rings. The lowest BCUT2D eigenvalue weighted by atomic mass is 10.1. The molecule has 0 bridgehead atoms.